The van der Waals surface area contributed by atoms with Gasteiger partial charge in [-0.15, -0.1) is 0 Å². The lowest BCUT2D eigenvalue weighted by Crippen LogP contribution is -2.29. The highest BCUT2D eigenvalue weighted by atomic mass is 32.4. The molecule has 3 aromatic rings. The maximum atomic E-state index is 13.3. The zero-order chi connectivity index (χ0) is 18.9. The molecule has 0 spiro atoms. The van der Waals surface area contributed by atoms with E-state index in [9.17, 15) is 9.59 Å². The number of hydrogen-bond donors (Lipinski definition) is 0. The topological polar surface area (TPSA) is 48.9 Å². The number of rotatable bonds is 2. The Hall–Kier alpha value is -2.43. The summed E-state index contributed by atoms with van der Waals surface area (Å²) in [6.45, 7) is 4.09. The summed E-state index contributed by atoms with van der Waals surface area (Å²) in [6.07, 6.45) is 0. The van der Waals surface area contributed by atoms with Gasteiger partial charge in [0.2, 0.25) is 0 Å². The lowest BCUT2D eigenvalue weighted by Gasteiger charge is -2.22. The minimum atomic E-state index is -2.23. The zero-order valence-corrected chi connectivity index (χ0v) is 16.7. The minimum absolute atomic E-state index is 0.231. The Morgan fingerprint density at radius 1 is 0.778 bits per heavy atom. The molecule has 2 atom stereocenters. The van der Waals surface area contributed by atoms with Gasteiger partial charge in [-0.2, -0.15) is 0 Å². The van der Waals surface area contributed by atoms with Crippen LogP contribution in [-0.4, -0.2) is 13.9 Å². The lowest BCUT2D eigenvalue weighted by atomic mass is 10.1. The number of fused-ring (bicyclic) bond motifs is 5. The second-order valence-corrected chi connectivity index (χ2v) is 11.8. The van der Waals surface area contributed by atoms with Crippen LogP contribution in [0.1, 0.15) is 25.4 Å². The highest BCUT2D eigenvalue weighted by molar-refractivity contribution is 8.18. The third kappa shape index (κ3) is 1.92. The van der Waals surface area contributed by atoms with Crippen molar-refractivity contribution in [2.24, 2.45) is 0 Å². The molecule has 0 radical (unpaired) electrons. The summed E-state index contributed by atoms with van der Waals surface area (Å²) in [7, 11) is 0. The maximum absolute atomic E-state index is 13.3. The summed E-state index contributed by atoms with van der Waals surface area (Å²) in [5, 5.41) is 1.08. The van der Waals surface area contributed by atoms with Gasteiger partial charge in [-0.3, -0.25) is 0 Å². The number of para-hydroxylation sites is 1. The van der Waals surface area contributed by atoms with Crippen molar-refractivity contribution in [1.82, 2.24) is 13.9 Å². The summed E-state index contributed by atoms with van der Waals surface area (Å²) < 4.78 is 4.50. The fourth-order valence-electron chi connectivity index (χ4n) is 4.47. The van der Waals surface area contributed by atoms with Gasteiger partial charge < -0.3 is 0 Å². The van der Waals surface area contributed by atoms with Crippen molar-refractivity contribution in [3.05, 3.63) is 92.8 Å². The van der Waals surface area contributed by atoms with Gasteiger partial charge in [0.25, 0.3) is 0 Å². The monoisotopic (exact) mass is 395 g/mol. The first-order chi connectivity index (χ1) is 13.0. The third-order valence-corrected chi connectivity index (χ3v) is 11.4. The molecule has 0 fully saturated rings. The normalized spacial score (nSPS) is 25.9. The van der Waals surface area contributed by atoms with Gasteiger partial charge in [-0.1, -0.05) is 60.3 Å². The van der Waals surface area contributed by atoms with Crippen LogP contribution < -0.4 is 16.7 Å². The Morgan fingerprint density at radius 2 is 1.22 bits per heavy atom. The quantitative estimate of drug-likeness (QED) is 0.495. The molecule has 2 aromatic carbocycles. The fraction of sp³-hybridized carbons (Fsp3) is 0.200. The van der Waals surface area contributed by atoms with Crippen molar-refractivity contribution in [3.63, 3.8) is 0 Å². The number of allylic oxidation sites excluding steroid dienone is 2. The van der Waals surface area contributed by atoms with E-state index in [2.05, 4.69) is 0 Å². The molecule has 0 amide bonds. The molecule has 5 rings (SSSR count). The SMILES string of the molecule is CC1=C(C)C2n3c(=O)n(-c4ccccc4)c(=O)n3C1P2(=S)c1ccccc1. The van der Waals surface area contributed by atoms with Gasteiger partial charge >= 0.3 is 11.4 Å². The fourth-order valence-corrected chi connectivity index (χ4v) is 10.4. The number of nitrogens with zero attached hydrogens (tertiary/aromatic N) is 3. The molecule has 0 aliphatic carbocycles. The second kappa shape index (κ2) is 5.54. The Balaban J connectivity index is 1.82. The highest BCUT2D eigenvalue weighted by Gasteiger charge is 2.56. The number of benzene rings is 2. The van der Waals surface area contributed by atoms with E-state index in [0.717, 1.165) is 16.5 Å². The Morgan fingerprint density at radius 3 is 1.70 bits per heavy atom. The van der Waals surface area contributed by atoms with E-state index in [1.54, 1.807) is 21.5 Å². The predicted octanol–water partition coefficient (Wildman–Crippen LogP) is 2.97. The van der Waals surface area contributed by atoms with Crippen LogP contribution in [0.2, 0.25) is 0 Å². The van der Waals surface area contributed by atoms with E-state index >= 15 is 0 Å². The molecule has 0 saturated heterocycles. The average molecular weight is 395 g/mol. The smallest absolute Gasteiger partial charge is 0.245 e. The van der Waals surface area contributed by atoms with Crippen LogP contribution in [0.3, 0.4) is 0 Å². The van der Waals surface area contributed by atoms with E-state index in [4.69, 9.17) is 11.8 Å². The van der Waals surface area contributed by atoms with Gasteiger partial charge in [0.1, 0.15) is 11.6 Å². The van der Waals surface area contributed by atoms with Crippen LogP contribution in [0.25, 0.3) is 5.69 Å². The Labute approximate surface area is 161 Å². The molecule has 2 aliphatic heterocycles. The van der Waals surface area contributed by atoms with E-state index in [0.29, 0.717) is 5.69 Å². The molecule has 7 heteroatoms. The lowest BCUT2D eigenvalue weighted by molar-refractivity contribution is 0.477. The van der Waals surface area contributed by atoms with Gasteiger partial charge in [0.05, 0.1) is 5.69 Å². The first-order valence-corrected chi connectivity index (χ1v) is 11.8. The standard InChI is InChI=1S/C20H18N3O2PS/c1-13-14(2)18-23-20(25)21(15-9-5-3-6-10-15)19(24)22(23)17(13)26(18,27)16-11-7-4-8-12-16/h3-12,17-18H,1-2H3. The van der Waals surface area contributed by atoms with Crippen molar-refractivity contribution in [1.29, 1.82) is 0 Å². The van der Waals surface area contributed by atoms with Crippen LogP contribution >= 0.6 is 6.04 Å². The first kappa shape index (κ1) is 16.7. The third-order valence-electron chi connectivity index (χ3n) is 5.77. The zero-order valence-electron chi connectivity index (χ0n) is 14.9. The molecule has 27 heavy (non-hydrogen) atoms. The molecule has 0 saturated carbocycles. The Kier molecular flexibility index (Phi) is 3.43. The van der Waals surface area contributed by atoms with E-state index in [1.165, 1.54) is 4.57 Å². The maximum Gasteiger partial charge on any atom is 0.352 e. The van der Waals surface area contributed by atoms with Crippen LogP contribution in [0, 0.1) is 0 Å². The van der Waals surface area contributed by atoms with Gasteiger partial charge in [0, 0.05) is 6.04 Å². The summed E-state index contributed by atoms with van der Waals surface area (Å²) in [5.74, 6) is -0.463. The van der Waals surface area contributed by atoms with E-state index in [1.807, 2.05) is 62.4 Å². The summed E-state index contributed by atoms with van der Waals surface area (Å²) in [4.78, 5) is 26.6. The van der Waals surface area contributed by atoms with Crippen molar-refractivity contribution in [2.45, 2.75) is 25.4 Å². The summed E-state index contributed by atoms with van der Waals surface area (Å²) in [5.41, 5.74) is 2.22. The molecule has 2 bridgehead atoms. The number of aromatic nitrogens is 3. The molecular formula is C20H18N3O2PS. The summed E-state index contributed by atoms with van der Waals surface area (Å²) in [6, 6.07) is 16.8. The van der Waals surface area contributed by atoms with Crippen LogP contribution in [0.4, 0.5) is 0 Å². The molecule has 5 nitrogen and oxygen atoms in total. The van der Waals surface area contributed by atoms with Crippen molar-refractivity contribution >= 4 is 23.1 Å². The Bertz CT molecular complexity index is 1210. The molecule has 2 unspecified atom stereocenters. The van der Waals surface area contributed by atoms with Gasteiger partial charge in [-0.05, 0) is 42.4 Å². The molecule has 2 aliphatic rings. The molecule has 136 valence electrons. The molecule has 3 heterocycles. The first-order valence-electron chi connectivity index (χ1n) is 8.81. The van der Waals surface area contributed by atoms with E-state index < -0.39 is 6.04 Å². The predicted molar refractivity (Wildman–Crippen MR) is 111 cm³/mol. The molecule has 0 N–H and O–H groups in total. The second-order valence-electron chi connectivity index (χ2n) is 7.08. The van der Waals surface area contributed by atoms with Crippen molar-refractivity contribution < 1.29 is 0 Å². The van der Waals surface area contributed by atoms with Crippen LogP contribution in [-0.2, 0) is 11.8 Å². The van der Waals surface area contributed by atoms with Gasteiger partial charge in [0.15, 0.2) is 0 Å². The average Bonchev–Trinajstić information content (AvgIpc) is 3.18. The van der Waals surface area contributed by atoms with Crippen molar-refractivity contribution in [3.8, 4) is 5.69 Å². The van der Waals surface area contributed by atoms with Crippen molar-refractivity contribution in [2.75, 3.05) is 0 Å². The number of hydrogen-bond acceptors (Lipinski definition) is 3. The molecular weight excluding hydrogens is 377 g/mol. The summed E-state index contributed by atoms with van der Waals surface area (Å²) >= 11 is 6.27. The van der Waals surface area contributed by atoms with Crippen LogP contribution in [0.5, 0.6) is 0 Å². The van der Waals surface area contributed by atoms with Crippen LogP contribution in [0.15, 0.2) is 81.4 Å². The molecule has 1 aromatic heterocycles. The highest BCUT2D eigenvalue weighted by Crippen LogP contribution is 2.77. The largest absolute Gasteiger partial charge is 0.352 e. The minimum Gasteiger partial charge on any atom is -0.245 e. The van der Waals surface area contributed by atoms with Gasteiger partial charge in [-0.25, -0.2) is 23.5 Å². The van der Waals surface area contributed by atoms with E-state index in [-0.39, 0.29) is 22.9 Å².